The van der Waals surface area contributed by atoms with Crippen LogP contribution in [-0.2, 0) is 6.54 Å². The van der Waals surface area contributed by atoms with Gasteiger partial charge in [0.15, 0.2) is 11.5 Å². The highest BCUT2D eigenvalue weighted by atomic mass is 79.9. The first kappa shape index (κ1) is 10.4. The Morgan fingerprint density at radius 2 is 2.06 bits per heavy atom. The number of rotatable bonds is 3. The number of fused-ring (bicyclic) bond motifs is 1. The van der Waals surface area contributed by atoms with E-state index in [1.165, 1.54) is 12.0 Å². The summed E-state index contributed by atoms with van der Waals surface area (Å²) in [6, 6.07) is 4.72. The van der Waals surface area contributed by atoms with Crippen LogP contribution in [0.3, 0.4) is 0 Å². The zero-order valence-corrected chi connectivity index (χ0v) is 10.7. The van der Waals surface area contributed by atoms with E-state index in [0.717, 1.165) is 28.4 Å². The summed E-state index contributed by atoms with van der Waals surface area (Å²) in [5, 5.41) is 3.53. The number of hydrogen-bond acceptors (Lipinski definition) is 3. The van der Waals surface area contributed by atoms with Crippen LogP contribution in [0.25, 0.3) is 0 Å². The lowest BCUT2D eigenvalue weighted by Gasteiger charge is -2.07. The first-order chi connectivity index (χ1) is 7.74. The maximum absolute atomic E-state index is 5.37. The number of hydrogen-bond donors (Lipinski definition) is 1. The van der Waals surface area contributed by atoms with Gasteiger partial charge in [-0.15, -0.1) is 0 Å². The Labute approximate surface area is 103 Å². The van der Waals surface area contributed by atoms with Crippen LogP contribution in [-0.4, -0.2) is 12.8 Å². The fourth-order valence-electron chi connectivity index (χ4n) is 1.94. The molecule has 1 heterocycles. The molecule has 86 valence electrons. The van der Waals surface area contributed by atoms with Gasteiger partial charge in [0.2, 0.25) is 6.79 Å². The van der Waals surface area contributed by atoms with Crippen LogP contribution in [0.15, 0.2) is 16.6 Å². The molecule has 1 aromatic carbocycles. The summed E-state index contributed by atoms with van der Waals surface area (Å²) >= 11 is 3.56. The summed E-state index contributed by atoms with van der Waals surface area (Å²) < 4.78 is 11.8. The lowest BCUT2D eigenvalue weighted by Crippen LogP contribution is -2.17. The third-order valence-electron chi connectivity index (χ3n) is 3.21. The van der Waals surface area contributed by atoms with Crippen LogP contribution in [0.4, 0.5) is 0 Å². The van der Waals surface area contributed by atoms with E-state index in [9.17, 15) is 0 Å². The van der Waals surface area contributed by atoms with Crippen LogP contribution in [0.1, 0.15) is 18.9 Å². The van der Waals surface area contributed by atoms with Crippen molar-refractivity contribution in [3.05, 3.63) is 22.2 Å². The average molecular weight is 284 g/mol. The number of nitrogens with one attached hydrogen (secondary N) is 1. The molecule has 1 saturated carbocycles. The third kappa shape index (κ3) is 1.92. The average Bonchev–Trinajstić information content (AvgIpc) is 2.77. The standard InChI is InChI=1S/C12H14BrNO2/c1-7-2-10(7)14-5-8-3-11-12(4-9(8)13)16-6-15-11/h3-4,7,10,14H,2,5-6H2,1H3. The number of halogens is 1. The quantitative estimate of drug-likeness (QED) is 0.925. The summed E-state index contributed by atoms with van der Waals surface area (Å²) in [4.78, 5) is 0. The second kappa shape index (κ2) is 3.93. The molecular formula is C12H14BrNO2. The minimum absolute atomic E-state index is 0.332. The minimum Gasteiger partial charge on any atom is -0.454 e. The van der Waals surface area contributed by atoms with E-state index in [0.29, 0.717) is 12.8 Å². The summed E-state index contributed by atoms with van der Waals surface area (Å²) in [5.41, 5.74) is 1.23. The monoisotopic (exact) mass is 283 g/mol. The molecular weight excluding hydrogens is 270 g/mol. The van der Waals surface area contributed by atoms with Crippen molar-refractivity contribution in [2.75, 3.05) is 6.79 Å². The van der Waals surface area contributed by atoms with Gasteiger partial charge in [-0.1, -0.05) is 22.9 Å². The van der Waals surface area contributed by atoms with Gasteiger partial charge in [-0.2, -0.15) is 0 Å². The summed E-state index contributed by atoms with van der Waals surface area (Å²) in [7, 11) is 0. The highest BCUT2D eigenvalue weighted by Gasteiger charge is 2.31. The Morgan fingerprint density at radius 3 is 2.75 bits per heavy atom. The molecule has 1 N–H and O–H groups in total. The van der Waals surface area contributed by atoms with E-state index in [1.54, 1.807) is 0 Å². The molecule has 0 spiro atoms. The van der Waals surface area contributed by atoms with E-state index < -0.39 is 0 Å². The van der Waals surface area contributed by atoms with Gasteiger partial charge in [0, 0.05) is 17.1 Å². The zero-order chi connectivity index (χ0) is 11.1. The van der Waals surface area contributed by atoms with E-state index >= 15 is 0 Å². The molecule has 1 aliphatic carbocycles. The van der Waals surface area contributed by atoms with Crippen LogP contribution >= 0.6 is 15.9 Å². The van der Waals surface area contributed by atoms with Crippen molar-refractivity contribution >= 4 is 15.9 Å². The molecule has 0 bridgehead atoms. The predicted molar refractivity (Wildman–Crippen MR) is 64.7 cm³/mol. The Bertz CT molecular complexity index is 422. The second-order valence-electron chi connectivity index (χ2n) is 4.50. The Morgan fingerprint density at radius 1 is 1.38 bits per heavy atom. The molecule has 3 rings (SSSR count). The van der Waals surface area contributed by atoms with Crippen molar-refractivity contribution in [1.82, 2.24) is 5.32 Å². The summed E-state index contributed by atoms with van der Waals surface area (Å²) in [6.07, 6.45) is 1.29. The maximum atomic E-state index is 5.37. The first-order valence-electron chi connectivity index (χ1n) is 5.55. The van der Waals surface area contributed by atoms with Gasteiger partial charge in [-0.25, -0.2) is 0 Å². The van der Waals surface area contributed by atoms with Gasteiger partial charge in [0.25, 0.3) is 0 Å². The van der Waals surface area contributed by atoms with E-state index in [-0.39, 0.29) is 0 Å². The topological polar surface area (TPSA) is 30.5 Å². The molecule has 0 aromatic heterocycles. The van der Waals surface area contributed by atoms with Crippen LogP contribution in [0, 0.1) is 5.92 Å². The molecule has 2 aliphatic rings. The second-order valence-corrected chi connectivity index (χ2v) is 5.35. The van der Waals surface area contributed by atoms with Crippen molar-refractivity contribution in [3.63, 3.8) is 0 Å². The molecule has 1 fully saturated rings. The predicted octanol–water partition coefficient (Wildman–Crippen LogP) is 2.68. The van der Waals surface area contributed by atoms with Gasteiger partial charge in [-0.3, -0.25) is 0 Å². The third-order valence-corrected chi connectivity index (χ3v) is 3.94. The smallest absolute Gasteiger partial charge is 0.231 e. The maximum Gasteiger partial charge on any atom is 0.231 e. The van der Waals surface area contributed by atoms with Crippen molar-refractivity contribution in [3.8, 4) is 11.5 Å². The SMILES string of the molecule is CC1CC1NCc1cc2c(cc1Br)OCO2. The first-order valence-corrected chi connectivity index (χ1v) is 6.35. The number of benzene rings is 1. The van der Waals surface area contributed by atoms with Gasteiger partial charge >= 0.3 is 0 Å². The van der Waals surface area contributed by atoms with Gasteiger partial charge < -0.3 is 14.8 Å². The number of ether oxygens (including phenoxy) is 2. The highest BCUT2D eigenvalue weighted by Crippen LogP contribution is 2.37. The zero-order valence-electron chi connectivity index (χ0n) is 9.13. The highest BCUT2D eigenvalue weighted by molar-refractivity contribution is 9.10. The Balaban J connectivity index is 1.73. The lowest BCUT2D eigenvalue weighted by atomic mass is 10.2. The van der Waals surface area contributed by atoms with Gasteiger partial charge in [0.05, 0.1) is 0 Å². The molecule has 16 heavy (non-hydrogen) atoms. The molecule has 4 heteroatoms. The van der Waals surface area contributed by atoms with Crippen molar-refractivity contribution in [2.24, 2.45) is 5.92 Å². The molecule has 1 aromatic rings. The van der Waals surface area contributed by atoms with Crippen LogP contribution < -0.4 is 14.8 Å². The normalized spacial score (nSPS) is 25.9. The van der Waals surface area contributed by atoms with Crippen LogP contribution in [0.2, 0.25) is 0 Å². The summed E-state index contributed by atoms with van der Waals surface area (Å²) in [5.74, 6) is 2.51. The van der Waals surface area contributed by atoms with E-state index in [4.69, 9.17) is 9.47 Å². The van der Waals surface area contributed by atoms with Crippen molar-refractivity contribution in [2.45, 2.75) is 25.9 Å². The Kier molecular flexibility index (Phi) is 2.56. The minimum atomic E-state index is 0.332. The fraction of sp³-hybridized carbons (Fsp3) is 0.500. The molecule has 3 nitrogen and oxygen atoms in total. The molecule has 2 atom stereocenters. The van der Waals surface area contributed by atoms with E-state index in [2.05, 4.69) is 28.2 Å². The Hall–Kier alpha value is -0.740. The lowest BCUT2D eigenvalue weighted by molar-refractivity contribution is 0.174. The molecule has 0 saturated heterocycles. The van der Waals surface area contributed by atoms with Crippen LogP contribution in [0.5, 0.6) is 11.5 Å². The molecule has 1 aliphatic heterocycles. The summed E-state index contributed by atoms with van der Waals surface area (Å²) in [6.45, 7) is 3.48. The largest absolute Gasteiger partial charge is 0.454 e. The van der Waals surface area contributed by atoms with Gasteiger partial charge in [-0.05, 0) is 30.0 Å². The molecule has 0 amide bonds. The van der Waals surface area contributed by atoms with E-state index in [1.807, 2.05) is 12.1 Å². The molecule has 2 unspecified atom stereocenters. The van der Waals surface area contributed by atoms with Gasteiger partial charge in [0.1, 0.15) is 0 Å². The molecule has 0 radical (unpaired) electrons. The van der Waals surface area contributed by atoms with Crippen molar-refractivity contribution < 1.29 is 9.47 Å². The fourth-order valence-corrected chi connectivity index (χ4v) is 2.40. The van der Waals surface area contributed by atoms with Crippen molar-refractivity contribution in [1.29, 1.82) is 0 Å².